The molecule has 2 aromatic heterocycles. The third-order valence-corrected chi connectivity index (χ3v) is 4.72. The minimum Gasteiger partial charge on any atom is -0.477 e. The molecule has 2 rings (SSSR count). The van der Waals surface area contributed by atoms with Gasteiger partial charge in [-0.3, -0.25) is 0 Å². The van der Waals surface area contributed by atoms with Gasteiger partial charge in [-0.25, -0.2) is 14.8 Å². The summed E-state index contributed by atoms with van der Waals surface area (Å²) in [5.41, 5.74) is 0.591. The monoisotopic (exact) mass is 283 g/mol. The number of imidazole rings is 1. The lowest BCUT2D eigenvalue weighted by molar-refractivity contribution is 0.0701. The zero-order valence-corrected chi connectivity index (χ0v) is 11.7. The number of carboxylic acid groups (broad SMARTS) is 1. The van der Waals surface area contributed by atoms with Crippen molar-refractivity contribution in [1.82, 2.24) is 14.5 Å². The van der Waals surface area contributed by atoms with Crippen LogP contribution >= 0.6 is 23.1 Å². The summed E-state index contributed by atoms with van der Waals surface area (Å²) in [5.74, 6) is 0.933. The number of aryl methyl sites for hydroxylation is 3. The molecule has 0 saturated carbocycles. The average molecular weight is 283 g/mol. The third kappa shape index (κ3) is 2.91. The van der Waals surface area contributed by atoms with E-state index < -0.39 is 5.97 Å². The molecule has 0 aliphatic rings. The Morgan fingerprint density at radius 1 is 1.56 bits per heavy atom. The Labute approximate surface area is 113 Å². The first-order valence-corrected chi connectivity index (χ1v) is 7.19. The maximum atomic E-state index is 10.9. The van der Waals surface area contributed by atoms with Crippen LogP contribution in [0.15, 0.2) is 16.7 Å². The lowest BCUT2D eigenvalue weighted by Crippen LogP contribution is -2.01. The van der Waals surface area contributed by atoms with Gasteiger partial charge < -0.3 is 9.67 Å². The van der Waals surface area contributed by atoms with Crippen molar-refractivity contribution in [3.63, 3.8) is 0 Å². The number of nitrogens with zero attached hydrogens (tertiary/aromatic N) is 3. The largest absolute Gasteiger partial charge is 0.477 e. The van der Waals surface area contributed by atoms with Gasteiger partial charge >= 0.3 is 5.97 Å². The number of carbonyl (C=O) groups is 1. The Bertz CT molecular complexity index is 562. The molecular formula is C11H13N3O2S2. The van der Waals surface area contributed by atoms with Crippen LogP contribution in [0.5, 0.6) is 0 Å². The van der Waals surface area contributed by atoms with Gasteiger partial charge in [-0.05, 0) is 13.8 Å². The topological polar surface area (TPSA) is 68.0 Å². The summed E-state index contributed by atoms with van der Waals surface area (Å²) in [7, 11) is 0. The molecule has 0 aromatic carbocycles. The van der Waals surface area contributed by atoms with E-state index in [1.165, 1.54) is 11.3 Å². The highest BCUT2D eigenvalue weighted by molar-refractivity contribution is 8.01. The van der Waals surface area contributed by atoms with E-state index in [0.29, 0.717) is 10.6 Å². The van der Waals surface area contributed by atoms with Crippen molar-refractivity contribution in [2.45, 2.75) is 24.7 Å². The first-order chi connectivity index (χ1) is 8.58. The molecule has 7 heteroatoms. The molecule has 1 N–H and O–H groups in total. The molecule has 0 unspecified atom stereocenters. The first kappa shape index (κ1) is 13.1. The van der Waals surface area contributed by atoms with Crippen LogP contribution in [0.25, 0.3) is 0 Å². The number of hydrogen-bond acceptors (Lipinski definition) is 5. The molecule has 2 heterocycles. The summed E-state index contributed by atoms with van der Waals surface area (Å²) < 4.78 is 2.87. The van der Waals surface area contributed by atoms with Gasteiger partial charge in [-0.2, -0.15) is 0 Å². The van der Waals surface area contributed by atoms with Crippen molar-refractivity contribution >= 4 is 29.1 Å². The van der Waals surface area contributed by atoms with Crippen molar-refractivity contribution in [3.05, 3.63) is 28.8 Å². The fourth-order valence-corrected chi connectivity index (χ4v) is 3.54. The van der Waals surface area contributed by atoms with E-state index in [-0.39, 0.29) is 0 Å². The second kappa shape index (κ2) is 5.53. The summed E-state index contributed by atoms with van der Waals surface area (Å²) in [4.78, 5) is 19.6. The van der Waals surface area contributed by atoms with Gasteiger partial charge in [-0.1, -0.05) is 11.8 Å². The fourth-order valence-electron chi connectivity index (χ4n) is 1.50. The minimum absolute atomic E-state index is 0.330. The van der Waals surface area contributed by atoms with Gasteiger partial charge in [-0.15, -0.1) is 11.3 Å². The number of hydrogen-bond donors (Lipinski definition) is 1. The number of thioether (sulfide) groups is 1. The Morgan fingerprint density at radius 3 is 2.89 bits per heavy atom. The van der Waals surface area contributed by atoms with Crippen LogP contribution in [0, 0.1) is 13.8 Å². The van der Waals surface area contributed by atoms with E-state index in [2.05, 4.69) is 14.5 Å². The van der Waals surface area contributed by atoms with Crippen LogP contribution in [-0.2, 0) is 6.54 Å². The number of carboxylic acids is 1. The van der Waals surface area contributed by atoms with Gasteiger partial charge in [0.1, 0.15) is 10.7 Å². The van der Waals surface area contributed by atoms with Crippen molar-refractivity contribution in [3.8, 4) is 0 Å². The van der Waals surface area contributed by atoms with Crippen molar-refractivity contribution in [2.24, 2.45) is 0 Å². The quantitative estimate of drug-likeness (QED) is 0.854. The molecule has 0 saturated heterocycles. The van der Waals surface area contributed by atoms with Crippen LogP contribution in [0.2, 0.25) is 0 Å². The van der Waals surface area contributed by atoms with E-state index in [9.17, 15) is 4.79 Å². The Hall–Kier alpha value is -1.34. The van der Waals surface area contributed by atoms with Gasteiger partial charge in [0, 0.05) is 24.7 Å². The van der Waals surface area contributed by atoms with Crippen LogP contribution in [0.1, 0.15) is 21.2 Å². The van der Waals surface area contributed by atoms with Crippen molar-refractivity contribution < 1.29 is 9.90 Å². The van der Waals surface area contributed by atoms with Crippen LogP contribution < -0.4 is 0 Å². The van der Waals surface area contributed by atoms with E-state index in [4.69, 9.17) is 5.11 Å². The van der Waals surface area contributed by atoms with Crippen LogP contribution in [0.3, 0.4) is 0 Å². The van der Waals surface area contributed by atoms with Crippen molar-refractivity contribution in [2.75, 3.05) is 5.75 Å². The van der Waals surface area contributed by atoms with Gasteiger partial charge in [0.05, 0.1) is 5.69 Å². The summed E-state index contributed by atoms with van der Waals surface area (Å²) in [6.07, 6.45) is 3.71. The molecule has 5 nitrogen and oxygen atoms in total. The lowest BCUT2D eigenvalue weighted by Gasteiger charge is -2.02. The fraction of sp³-hybridized carbons (Fsp3) is 0.364. The summed E-state index contributed by atoms with van der Waals surface area (Å²) in [5, 5.41) is 8.94. The number of aromatic carboxylic acids is 1. The van der Waals surface area contributed by atoms with E-state index >= 15 is 0 Å². The highest BCUT2D eigenvalue weighted by atomic mass is 32.2. The minimum atomic E-state index is -0.901. The highest BCUT2D eigenvalue weighted by Gasteiger charge is 2.13. The van der Waals surface area contributed by atoms with Gasteiger partial charge in [0.2, 0.25) is 0 Å². The first-order valence-electron chi connectivity index (χ1n) is 5.39. The summed E-state index contributed by atoms with van der Waals surface area (Å²) in [6, 6.07) is 0. The van der Waals surface area contributed by atoms with Crippen LogP contribution in [0.4, 0.5) is 0 Å². The molecule has 0 atom stereocenters. The molecule has 0 aliphatic heterocycles. The average Bonchev–Trinajstić information content (AvgIpc) is 2.86. The summed E-state index contributed by atoms with van der Waals surface area (Å²) >= 11 is 2.81. The standard InChI is InChI=1S/C11H13N3O2S2/c1-7-9(10(15)16)18-11(13-7)17-6-5-14-4-3-12-8(14)2/h3-4H,5-6H2,1-2H3,(H,15,16). The molecule has 0 fully saturated rings. The highest BCUT2D eigenvalue weighted by Crippen LogP contribution is 2.27. The molecule has 0 aliphatic carbocycles. The van der Waals surface area contributed by atoms with E-state index in [1.807, 2.05) is 13.1 Å². The van der Waals surface area contributed by atoms with Crippen LogP contribution in [-0.4, -0.2) is 31.4 Å². The predicted octanol–water partition coefficient (Wildman–Crippen LogP) is 2.45. The smallest absolute Gasteiger partial charge is 0.347 e. The maximum absolute atomic E-state index is 10.9. The van der Waals surface area contributed by atoms with Gasteiger partial charge in [0.15, 0.2) is 4.34 Å². The molecule has 96 valence electrons. The van der Waals surface area contributed by atoms with E-state index in [0.717, 1.165) is 22.5 Å². The number of thiazole rings is 1. The normalized spacial score (nSPS) is 10.8. The molecule has 2 aromatic rings. The second-order valence-corrected chi connectivity index (χ2v) is 6.06. The number of aromatic nitrogens is 3. The van der Waals surface area contributed by atoms with E-state index in [1.54, 1.807) is 24.9 Å². The number of rotatable bonds is 5. The Morgan fingerprint density at radius 2 is 2.33 bits per heavy atom. The zero-order chi connectivity index (χ0) is 13.1. The predicted molar refractivity (Wildman–Crippen MR) is 71.5 cm³/mol. The Kier molecular flexibility index (Phi) is 4.03. The van der Waals surface area contributed by atoms with Gasteiger partial charge in [0.25, 0.3) is 0 Å². The molecule has 18 heavy (non-hydrogen) atoms. The molecule has 0 radical (unpaired) electrons. The zero-order valence-electron chi connectivity index (χ0n) is 10.1. The lowest BCUT2D eigenvalue weighted by atomic mass is 10.4. The SMILES string of the molecule is Cc1nc(SCCn2ccnc2C)sc1C(=O)O. The van der Waals surface area contributed by atoms with Crippen molar-refractivity contribution in [1.29, 1.82) is 0 Å². The molecule has 0 bridgehead atoms. The molecule has 0 amide bonds. The molecule has 0 spiro atoms. The maximum Gasteiger partial charge on any atom is 0.347 e. The Balaban J connectivity index is 1.93. The molecular weight excluding hydrogens is 270 g/mol. The second-order valence-electron chi connectivity index (χ2n) is 3.72. The summed E-state index contributed by atoms with van der Waals surface area (Å²) in [6.45, 7) is 4.53. The third-order valence-electron chi connectivity index (χ3n) is 2.45.